The molecule has 18 heavy (non-hydrogen) atoms. The highest BCUT2D eigenvalue weighted by atomic mass is 15.2. The van der Waals surface area contributed by atoms with Crippen LogP contribution in [0.3, 0.4) is 0 Å². The molecule has 2 nitrogen and oxygen atoms in total. The normalized spacial score (nSPS) is 41.8. The van der Waals surface area contributed by atoms with E-state index in [0.29, 0.717) is 11.0 Å². The van der Waals surface area contributed by atoms with E-state index in [9.17, 15) is 0 Å². The molecule has 2 aliphatic rings. The summed E-state index contributed by atoms with van der Waals surface area (Å²) in [5.74, 6) is 1.67. The molecule has 1 saturated heterocycles. The van der Waals surface area contributed by atoms with Gasteiger partial charge < -0.3 is 5.73 Å². The lowest BCUT2D eigenvalue weighted by molar-refractivity contribution is -0.0266. The van der Waals surface area contributed by atoms with Crippen molar-refractivity contribution >= 4 is 0 Å². The van der Waals surface area contributed by atoms with Crippen LogP contribution in [0.1, 0.15) is 59.8 Å². The molecule has 106 valence electrons. The number of hydrogen-bond acceptors (Lipinski definition) is 2. The summed E-state index contributed by atoms with van der Waals surface area (Å²) in [6.45, 7) is 13.0. The number of nitrogens with zero attached hydrogens (tertiary/aromatic N) is 1. The van der Waals surface area contributed by atoms with E-state index >= 15 is 0 Å². The van der Waals surface area contributed by atoms with Gasteiger partial charge in [-0.25, -0.2) is 0 Å². The Labute approximate surface area is 113 Å². The summed E-state index contributed by atoms with van der Waals surface area (Å²) >= 11 is 0. The van der Waals surface area contributed by atoms with Crippen LogP contribution in [0.4, 0.5) is 0 Å². The van der Waals surface area contributed by atoms with Gasteiger partial charge in [-0.2, -0.15) is 0 Å². The van der Waals surface area contributed by atoms with Crippen LogP contribution in [0, 0.1) is 17.3 Å². The standard InChI is InChI=1S/C16H32N2/c1-13-8-14(2)10-16(9-13,11-17)18-7-5-6-15(3,4)12-18/h13-14H,5-12,17H2,1-4H3. The predicted molar refractivity (Wildman–Crippen MR) is 78.6 cm³/mol. The molecule has 2 N–H and O–H groups in total. The summed E-state index contributed by atoms with van der Waals surface area (Å²) in [6, 6.07) is 0. The van der Waals surface area contributed by atoms with Gasteiger partial charge in [-0.3, -0.25) is 4.90 Å². The van der Waals surface area contributed by atoms with Crippen molar-refractivity contribution in [2.75, 3.05) is 19.6 Å². The van der Waals surface area contributed by atoms with Crippen molar-refractivity contribution in [3.63, 3.8) is 0 Å². The fourth-order valence-corrected chi connectivity index (χ4v) is 4.62. The number of hydrogen-bond donors (Lipinski definition) is 1. The zero-order valence-corrected chi connectivity index (χ0v) is 12.8. The van der Waals surface area contributed by atoms with E-state index in [4.69, 9.17) is 5.73 Å². The molecule has 0 aromatic heterocycles. The topological polar surface area (TPSA) is 29.3 Å². The zero-order valence-electron chi connectivity index (χ0n) is 12.8. The van der Waals surface area contributed by atoms with Gasteiger partial charge in [0, 0.05) is 18.6 Å². The van der Waals surface area contributed by atoms with Gasteiger partial charge in [-0.15, -0.1) is 0 Å². The van der Waals surface area contributed by atoms with Gasteiger partial charge in [0.15, 0.2) is 0 Å². The lowest BCUT2D eigenvalue weighted by atomic mass is 9.69. The van der Waals surface area contributed by atoms with Crippen LogP contribution >= 0.6 is 0 Å². The first kappa shape index (κ1) is 14.3. The van der Waals surface area contributed by atoms with Gasteiger partial charge in [0.2, 0.25) is 0 Å². The maximum absolute atomic E-state index is 6.24. The number of nitrogens with two attached hydrogens (primary N) is 1. The average molecular weight is 252 g/mol. The zero-order chi connectivity index (χ0) is 13.4. The molecule has 0 aromatic rings. The summed E-state index contributed by atoms with van der Waals surface area (Å²) in [5, 5.41) is 0. The summed E-state index contributed by atoms with van der Waals surface area (Å²) in [7, 11) is 0. The SMILES string of the molecule is CC1CC(C)CC(CN)(N2CCCC(C)(C)C2)C1. The molecule has 2 unspecified atom stereocenters. The maximum Gasteiger partial charge on any atom is 0.0337 e. The van der Waals surface area contributed by atoms with Crippen LogP contribution in [0.15, 0.2) is 0 Å². The minimum atomic E-state index is 0.300. The fraction of sp³-hybridized carbons (Fsp3) is 1.00. The van der Waals surface area contributed by atoms with Gasteiger partial charge in [0.05, 0.1) is 0 Å². The van der Waals surface area contributed by atoms with Gasteiger partial charge in [0.1, 0.15) is 0 Å². The minimum Gasteiger partial charge on any atom is -0.329 e. The first-order valence-corrected chi connectivity index (χ1v) is 7.82. The molecule has 1 aliphatic carbocycles. The summed E-state index contributed by atoms with van der Waals surface area (Å²) in [5.41, 5.74) is 7.02. The van der Waals surface area contributed by atoms with Gasteiger partial charge in [-0.1, -0.05) is 27.7 Å². The number of piperidine rings is 1. The van der Waals surface area contributed by atoms with Crippen molar-refractivity contribution < 1.29 is 0 Å². The van der Waals surface area contributed by atoms with E-state index in [1.807, 2.05) is 0 Å². The van der Waals surface area contributed by atoms with E-state index in [0.717, 1.165) is 18.4 Å². The Morgan fingerprint density at radius 1 is 1.17 bits per heavy atom. The van der Waals surface area contributed by atoms with Crippen LogP contribution in [0.25, 0.3) is 0 Å². The average Bonchev–Trinajstić information content (AvgIpc) is 2.26. The Morgan fingerprint density at radius 2 is 1.78 bits per heavy atom. The molecule has 2 atom stereocenters. The monoisotopic (exact) mass is 252 g/mol. The van der Waals surface area contributed by atoms with E-state index in [-0.39, 0.29) is 0 Å². The van der Waals surface area contributed by atoms with Crippen molar-refractivity contribution in [3.05, 3.63) is 0 Å². The van der Waals surface area contributed by atoms with E-state index in [2.05, 4.69) is 32.6 Å². The third-order valence-corrected chi connectivity index (χ3v) is 5.21. The lowest BCUT2D eigenvalue weighted by Crippen LogP contribution is -2.61. The second-order valence-electron chi connectivity index (χ2n) is 7.97. The molecule has 2 rings (SSSR count). The maximum atomic E-state index is 6.24. The Balaban J connectivity index is 2.15. The third-order valence-electron chi connectivity index (χ3n) is 5.21. The lowest BCUT2D eigenvalue weighted by Gasteiger charge is -2.53. The smallest absolute Gasteiger partial charge is 0.0337 e. The van der Waals surface area contributed by atoms with Crippen molar-refractivity contribution in [1.29, 1.82) is 0 Å². The molecule has 0 spiro atoms. The highest BCUT2D eigenvalue weighted by Gasteiger charge is 2.44. The Morgan fingerprint density at radius 3 is 2.28 bits per heavy atom. The quantitative estimate of drug-likeness (QED) is 0.817. The summed E-state index contributed by atoms with van der Waals surface area (Å²) in [4.78, 5) is 2.75. The summed E-state index contributed by atoms with van der Waals surface area (Å²) in [6.07, 6.45) is 6.72. The van der Waals surface area contributed by atoms with Crippen LogP contribution in [0.2, 0.25) is 0 Å². The number of rotatable bonds is 2. The van der Waals surface area contributed by atoms with Crippen LogP contribution in [-0.2, 0) is 0 Å². The Bertz CT molecular complexity index is 275. The minimum absolute atomic E-state index is 0.300. The van der Waals surface area contributed by atoms with Gasteiger partial charge >= 0.3 is 0 Å². The molecule has 2 heteroatoms. The molecule has 1 heterocycles. The molecule has 0 aromatic carbocycles. The highest BCUT2D eigenvalue weighted by Crippen LogP contribution is 2.42. The number of likely N-dealkylation sites (tertiary alicyclic amines) is 1. The molecule has 1 aliphatic heterocycles. The fourth-order valence-electron chi connectivity index (χ4n) is 4.62. The molecule has 2 fully saturated rings. The van der Waals surface area contributed by atoms with E-state index in [1.54, 1.807) is 0 Å². The largest absolute Gasteiger partial charge is 0.329 e. The van der Waals surface area contributed by atoms with E-state index < -0.39 is 0 Å². The molecule has 0 bridgehead atoms. The van der Waals surface area contributed by atoms with E-state index in [1.165, 1.54) is 45.2 Å². The van der Waals surface area contributed by atoms with Gasteiger partial charge in [-0.05, 0) is 55.9 Å². The van der Waals surface area contributed by atoms with Crippen molar-refractivity contribution in [2.24, 2.45) is 23.0 Å². The highest BCUT2D eigenvalue weighted by molar-refractivity contribution is 5.00. The Kier molecular flexibility index (Phi) is 4.08. The molecule has 1 saturated carbocycles. The van der Waals surface area contributed by atoms with Crippen molar-refractivity contribution in [3.8, 4) is 0 Å². The Hall–Kier alpha value is -0.0800. The summed E-state index contributed by atoms with van der Waals surface area (Å²) < 4.78 is 0. The van der Waals surface area contributed by atoms with Crippen molar-refractivity contribution in [1.82, 2.24) is 4.90 Å². The van der Waals surface area contributed by atoms with Crippen LogP contribution < -0.4 is 5.73 Å². The first-order chi connectivity index (χ1) is 8.37. The molecular weight excluding hydrogens is 220 g/mol. The van der Waals surface area contributed by atoms with Gasteiger partial charge in [0.25, 0.3) is 0 Å². The molecule has 0 radical (unpaired) electrons. The predicted octanol–water partition coefficient (Wildman–Crippen LogP) is 3.26. The second kappa shape index (κ2) is 5.13. The first-order valence-electron chi connectivity index (χ1n) is 7.82. The van der Waals surface area contributed by atoms with Crippen molar-refractivity contribution in [2.45, 2.75) is 65.3 Å². The third kappa shape index (κ3) is 2.91. The second-order valence-corrected chi connectivity index (χ2v) is 7.97. The molecular formula is C16H32N2. The van der Waals surface area contributed by atoms with Crippen LogP contribution in [-0.4, -0.2) is 30.1 Å². The van der Waals surface area contributed by atoms with Crippen LogP contribution in [0.5, 0.6) is 0 Å². The molecule has 0 amide bonds.